The third kappa shape index (κ3) is 6.58. The van der Waals surface area contributed by atoms with E-state index in [1.165, 1.54) is 19.2 Å². The fourth-order valence-electron chi connectivity index (χ4n) is 4.86. The van der Waals surface area contributed by atoms with Crippen molar-refractivity contribution in [1.82, 2.24) is 15.1 Å². The molecule has 0 saturated carbocycles. The summed E-state index contributed by atoms with van der Waals surface area (Å²) in [5.41, 5.74) is 1.89. The minimum absolute atomic E-state index is 0.0822. The monoisotopic (exact) mass is 538 g/mol. The summed E-state index contributed by atoms with van der Waals surface area (Å²) in [5, 5.41) is 8.93. The van der Waals surface area contributed by atoms with E-state index in [-0.39, 0.29) is 24.7 Å². The summed E-state index contributed by atoms with van der Waals surface area (Å²) >= 11 is 0. The predicted octanol–water partition coefficient (Wildman–Crippen LogP) is 5.10. The lowest BCUT2D eigenvalue weighted by Gasteiger charge is -2.38. The number of likely N-dealkylation sites (tertiary alicyclic amines) is 1. The molecule has 0 aliphatic carbocycles. The van der Waals surface area contributed by atoms with Gasteiger partial charge < -0.3 is 28.7 Å². The average Bonchev–Trinajstić information content (AvgIpc) is 3.24. The average molecular weight is 539 g/mol. The molecule has 3 heterocycles. The number of carbonyl (C=O) groups excluding carboxylic acids is 1. The van der Waals surface area contributed by atoms with Crippen molar-refractivity contribution in [2.24, 2.45) is 0 Å². The molecule has 1 fully saturated rings. The molecule has 208 valence electrons. The van der Waals surface area contributed by atoms with Gasteiger partial charge in [0.1, 0.15) is 17.1 Å². The summed E-state index contributed by atoms with van der Waals surface area (Å²) in [4.78, 5) is 16.5. The quantitative estimate of drug-likeness (QED) is 0.470. The Hall–Kier alpha value is -3.28. The first-order valence-electron chi connectivity index (χ1n) is 12.5. The minimum Gasteiger partial charge on any atom is -0.467 e. The van der Waals surface area contributed by atoms with Gasteiger partial charge in [-0.05, 0) is 64.7 Å². The van der Waals surface area contributed by atoms with Gasteiger partial charge in [-0.25, -0.2) is 4.79 Å². The molecule has 0 radical (unpaired) electrons. The molecule has 12 heteroatoms. The highest BCUT2D eigenvalue weighted by atomic mass is 19.4. The second-order valence-corrected chi connectivity index (χ2v) is 10.5. The third-order valence-electron chi connectivity index (χ3n) is 6.33. The molecule has 1 aromatic carbocycles. The molecule has 0 N–H and O–H groups in total. The van der Waals surface area contributed by atoms with Crippen molar-refractivity contribution >= 4 is 11.9 Å². The number of halogens is 3. The molecule has 2 aliphatic rings. The summed E-state index contributed by atoms with van der Waals surface area (Å²) in [7, 11) is 1.42. The number of amides is 1. The number of aromatic nitrogens is 2. The smallest absolute Gasteiger partial charge is 0.467 e. The van der Waals surface area contributed by atoms with Crippen molar-refractivity contribution in [3.8, 4) is 22.8 Å². The Kier molecular flexibility index (Phi) is 7.91. The lowest BCUT2D eigenvalue weighted by molar-refractivity contribution is -0.274. The van der Waals surface area contributed by atoms with Gasteiger partial charge >= 0.3 is 12.5 Å². The van der Waals surface area contributed by atoms with Gasteiger partial charge in [0.2, 0.25) is 0 Å². The standard InChI is InChI=1S/C26H33F3N4O5/c1-16-11-19(37-26(27,28)29)13-21(36-15-35-5)22(16)20-12-17-8-10-33(23(17)31-30-20)18-7-6-9-32(14-18)24(34)38-25(2,3)4/h11-13,18H,6-10,14-15H2,1-5H3/t18-/m1/s1. The van der Waals surface area contributed by atoms with E-state index in [1.54, 1.807) is 11.8 Å². The SMILES string of the molecule is COCOc1cc(OC(F)(F)F)cc(C)c1-c1cc2c(nn1)N([C@@H]1CCCN(C(=O)OC(C)(C)C)C1)CC2. The molecule has 2 aliphatic heterocycles. The Morgan fingerprint density at radius 3 is 2.58 bits per heavy atom. The van der Waals surface area contributed by atoms with Crippen LogP contribution in [-0.2, 0) is 15.9 Å². The Bertz CT molecular complexity index is 1170. The van der Waals surface area contributed by atoms with E-state index in [0.717, 1.165) is 37.2 Å². The van der Waals surface area contributed by atoms with E-state index in [2.05, 4.69) is 19.8 Å². The maximum Gasteiger partial charge on any atom is 0.573 e. The summed E-state index contributed by atoms with van der Waals surface area (Å²) in [6.45, 7) is 8.95. The van der Waals surface area contributed by atoms with Crippen LogP contribution in [0.2, 0.25) is 0 Å². The molecule has 1 aromatic heterocycles. The molecule has 1 atom stereocenters. The van der Waals surface area contributed by atoms with Gasteiger partial charge in [-0.3, -0.25) is 0 Å². The zero-order chi connectivity index (χ0) is 27.7. The predicted molar refractivity (Wildman–Crippen MR) is 133 cm³/mol. The number of carbonyl (C=O) groups is 1. The van der Waals surface area contributed by atoms with Crippen molar-refractivity contribution < 1.29 is 36.9 Å². The van der Waals surface area contributed by atoms with E-state index in [0.29, 0.717) is 29.9 Å². The summed E-state index contributed by atoms with van der Waals surface area (Å²) in [6.07, 6.45) is -2.66. The van der Waals surface area contributed by atoms with Gasteiger partial charge in [0.15, 0.2) is 12.6 Å². The number of nitrogens with zero attached hydrogens (tertiary/aromatic N) is 4. The number of ether oxygens (including phenoxy) is 4. The summed E-state index contributed by atoms with van der Waals surface area (Å²) in [5.74, 6) is 0.506. The van der Waals surface area contributed by atoms with Gasteiger partial charge in [-0.1, -0.05) is 0 Å². The van der Waals surface area contributed by atoms with E-state index in [1.807, 2.05) is 26.8 Å². The minimum atomic E-state index is -4.83. The van der Waals surface area contributed by atoms with Crippen LogP contribution in [0, 0.1) is 6.92 Å². The van der Waals surface area contributed by atoms with Crippen LogP contribution in [0.3, 0.4) is 0 Å². The van der Waals surface area contributed by atoms with Gasteiger partial charge in [-0.15, -0.1) is 23.4 Å². The number of hydrogen-bond donors (Lipinski definition) is 0. The number of rotatable bonds is 6. The number of alkyl halides is 3. The number of hydrogen-bond acceptors (Lipinski definition) is 8. The van der Waals surface area contributed by atoms with Crippen LogP contribution in [0.5, 0.6) is 11.5 Å². The second-order valence-electron chi connectivity index (χ2n) is 10.5. The number of fused-ring (bicyclic) bond motifs is 1. The Morgan fingerprint density at radius 2 is 1.89 bits per heavy atom. The molecule has 2 aromatic rings. The van der Waals surface area contributed by atoms with Crippen LogP contribution in [-0.4, -0.2) is 72.7 Å². The molecule has 0 unspecified atom stereocenters. The zero-order valence-electron chi connectivity index (χ0n) is 22.2. The van der Waals surface area contributed by atoms with Crippen LogP contribution in [0.1, 0.15) is 44.7 Å². The maximum absolute atomic E-state index is 12.8. The van der Waals surface area contributed by atoms with Crippen molar-refractivity contribution in [3.05, 3.63) is 29.3 Å². The number of anilines is 1. The molecule has 0 bridgehead atoms. The van der Waals surface area contributed by atoms with E-state index < -0.39 is 17.7 Å². The Balaban J connectivity index is 1.58. The molecule has 1 amide bonds. The second kappa shape index (κ2) is 10.8. The molecular weight excluding hydrogens is 505 g/mol. The van der Waals surface area contributed by atoms with Gasteiger partial charge in [0.05, 0.1) is 5.69 Å². The number of aryl methyl sites for hydroxylation is 1. The Labute approximate surface area is 219 Å². The normalized spacial score (nSPS) is 17.8. The topological polar surface area (TPSA) is 86.3 Å². The van der Waals surface area contributed by atoms with E-state index in [9.17, 15) is 18.0 Å². The molecule has 9 nitrogen and oxygen atoms in total. The molecule has 0 spiro atoms. The molecular formula is C26H33F3N4O5. The van der Waals surface area contributed by atoms with Crippen molar-refractivity contribution in [2.45, 2.75) is 65.0 Å². The fourth-order valence-corrected chi connectivity index (χ4v) is 4.86. The van der Waals surface area contributed by atoms with Gasteiger partial charge in [0, 0.05) is 50.0 Å². The Morgan fingerprint density at radius 1 is 1.13 bits per heavy atom. The first kappa shape index (κ1) is 27.7. The number of piperidine rings is 1. The van der Waals surface area contributed by atoms with Crippen molar-refractivity contribution in [2.75, 3.05) is 38.4 Å². The highest BCUT2D eigenvalue weighted by molar-refractivity contribution is 5.74. The van der Waals surface area contributed by atoms with Gasteiger partial charge in [-0.2, -0.15) is 0 Å². The van der Waals surface area contributed by atoms with Crippen LogP contribution in [0.25, 0.3) is 11.3 Å². The highest BCUT2D eigenvalue weighted by Crippen LogP contribution is 2.40. The summed E-state index contributed by atoms with van der Waals surface area (Å²) in [6, 6.07) is 4.43. The fraction of sp³-hybridized carbons (Fsp3) is 0.577. The van der Waals surface area contributed by atoms with Crippen LogP contribution < -0.4 is 14.4 Å². The maximum atomic E-state index is 12.8. The van der Waals surface area contributed by atoms with Crippen molar-refractivity contribution in [3.63, 3.8) is 0 Å². The lowest BCUT2D eigenvalue weighted by Crippen LogP contribution is -2.50. The third-order valence-corrected chi connectivity index (χ3v) is 6.33. The molecule has 1 saturated heterocycles. The number of benzene rings is 1. The van der Waals surface area contributed by atoms with Gasteiger partial charge in [0.25, 0.3) is 0 Å². The largest absolute Gasteiger partial charge is 0.573 e. The van der Waals surface area contributed by atoms with Crippen LogP contribution >= 0.6 is 0 Å². The van der Waals surface area contributed by atoms with Crippen LogP contribution in [0.4, 0.5) is 23.8 Å². The molecule has 4 rings (SSSR count). The first-order valence-corrected chi connectivity index (χ1v) is 12.5. The zero-order valence-corrected chi connectivity index (χ0v) is 22.2. The molecule has 38 heavy (non-hydrogen) atoms. The lowest BCUT2D eigenvalue weighted by atomic mass is 10.0. The highest BCUT2D eigenvalue weighted by Gasteiger charge is 2.35. The van der Waals surface area contributed by atoms with Crippen LogP contribution in [0.15, 0.2) is 18.2 Å². The van der Waals surface area contributed by atoms with E-state index in [4.69, 9.17) is 14.2 Å². The van der Waals surface area contributed by atoms with E-state index >= 15 is 0 Å². The van der Waals surface area contributed by atoms with Crippen molar-refractivity contribution in [1.29, 1.82) is 0 Å². The number of methoxy groups -OCH3 is 1. The first-order chi connectivity index (χ1) is 17.8. The summed E-state index contributed by atoms with van der Waals surface area (Å²) < 4.78 is 58.7.